The number of ether oxygens (including phenoxy) is 3. The Hall–Kier alpha value is -1.03. The Bertz CT molecular complexity index is 286. The maximum Gasteiger partial charge on any atom is 0.338 e. The molecule has 0 aliphatic carbocycles. The number of hydrogen-bond donors (Lipinski definition) is 0. The van der Waals surface area contributed by atoms with Crippen molar-refractivity contribution in [2.45, 2.75) is 25.4 Å². The molecule has 14 heavy (non-hydrogen) atoms. The number of carbonyl (C=O) groups is 1. The zero-order valence-electron chi connectivity index (χ0n) is 8.46. The topological polar surface area (TPSA) is 44.8 Å². The van der Waals surface area contributed by atoms with Crippen molar-refractivity contribution in [1.82, 2.24) is 0 Å². The molecule has 1 saturated heterocycles. The highest BCUT2D eigenvalue weighted by Gasteiger charge is 2.49. The average molecular weight is 198 g/mol. The SMILES string of the molecule is COC1=C(C)C(=O)OC12CCCOC2. The lowest BCUT2D eigenvalue weighted by molar-refractivity contribution is -0.160. The summed E-state index contributed by atoms with van der Waals surface area (Å²) in [5.41, 5.74) is -0.0632. The van der Waals surface area contributed by atoms with Crippen LogP contribution in [-0.2, 0) is 19.0 Å². The van der Waals surface area contributed by atoms with Crippen molar-refractivity contribution < 1.29 is 19.0 Å². The molecule has 2 aliphatic rings. The number of esters is 1. The summed E-state index contributed by atoms with van der Waals surface area (Å²) in [5.74, 6) is 0.356. The number of methoxy groups -OCH3 is 1. The standard InChI is InChI=1S/C10H14O4/c1-7-8(12-2)10(14-9(7)11)4-3-5-13-6-10/h3-6H2,1-2H3. The minimum absolute atomic E-state index is 0.285. The van der Waals surface area contributed by atoms with Crippen LogP contribution in [0.25, 0.3) is 0 Å². The monoisotopic (exact) mass is 198 g/mol. The molecule has 1 fully saturated rings. The Morgan fingerprint density at radius 2 is 2.29 bits per heavy atom. The molecule has 0 aromatic rings. The molecule has 0 bridgehead atoms. The van der Waals surface area contributed by atoms with Crippen LogP contribution in [0.3, 0.4) is 0 Å². The van der Waals surface area contributed by atoms with Crippen LogP contribution >= 0.6 is 0 Å². The highest BCUT2D eigenvalue weighted by atomic mass is 16.6. The van der Waals surface area contributed by atoms with E-state index in [1.807, 2.05) is 0 Å². The van der Waals surface area contributed by atoms with Crippen LogP contribution in [0.15, 0.2) is 11.3 Å². The van der Waals surface area contributed by atoms with Crippen LogP contribution in [-0.4, -0.2) is 31.9 Å². The predicted octanol–water partition coefficient (Wildman–Crippen LogP) is 1.01. The van der Waals surface area contributed by atoms with Crippen molar-refractivity contribution in [2.75, 3.05) is 20.3 Å². The lowest BCUT2D eigenvalue weighted by Gasteiger charge is -2.33. The Balaban J connectivity index is 2.32. The van der Waals surface area contributed by atoms with Crippen LogP contribution in [0.5, 0.6) is 0 Å². The van der Waals surface area contributed by atoms with Gasteiger partial charge in [0.15, 0.2) is 11.4 Å². The lowest BCUT2D eigenvalue weighted by Crippen LogP contribution is -2.41. The smallest absolute Gasteiger partial charge is 0.338 e. The molecular weight excluding hydrogens is 184 g/mol. The molecule has 4 heteroatoms. The van der Waals surface area contributed by atoms with E-state index in [0.29, 0.717) is 17.9 Å². The van der Waals surface area contributed by atoms with Crippen molar-refractivity contribution in [3.8, 4) is 0 Å². The van der Waals surface area contributed by atoms with Crippen LogP contribution in [0.4, 0.5) is 0 Å². The Morgan fingerprint density at radius 1 is 1.50 bits per heavy atom. The molecule has 1 spiro atoms. The van der Waals surface area contributed by atoms with Gasteiger partial charge in [-0.25, -0.2) is 4.79 Å². The predicted molar refractivity (Wildman–Crippen MR) is 48.6 cm³/mol. The van der Waals surface area contributed by atoms with E-state index in [2.05, 4.69) is 0 Å². The first kappa shape index (κ1) is 9.52. The molecule has 0 radical (unpaired) electrons. The van der Waals surface area contributed by atoms with Gasteiger partial charge in [-0.05, 0) is 19.8 Å². The van der Waals surface area contributed by atoms with E-state index < -0.39 is 5.60 Å². The molecular formula is C10H14O4. The van der Waals surface area contributed by atoms with Crippen molar-refractivity contribution in [3.63, 3.8) is 0 Å². The number of hydrogen-bond acceptors (Lipinski definition) is 4. The Kier molecular flexibility index (Phi) is 2.23. The van der Waals surface area contributed by atoms with Crippen molar-refractivity contribution in [2.24, 2.45) is 0 Å². The summed E-state index contributed by atoms with van der Waals surface area (Å²) >= 11 is 0. The molecule has 78 valence electrons. The van der Waals surface area contributed by atoms with Gasteiger partial charge in [0.05, 0.1) is 19.3 Å². The van der Waals surface area contributed by atoms with Gasteiger partial charge in [-0.3, -0.25) is 0 Å². The third kappa shape index (κ3) is 1.21. The molecule has 0 aromatic heterocycles. The van der Waals surface area contributed by atoms with Gasteiger partial charge in [0.1, 0.15) is 0 Å². The van der Waals surface area contributed by atoms with Gasteiger partial charge in [0.25, 0.3) is 0 Å². The molecule has 1 atom stereocenters. The van der Waals surface area contributed by atoms with E-state index in [1.54, 1.807) is 14.0 Å². The molecule has 2 rings (SSSR count). The Labute approximate surface area is 82.8 Å². The van der Waals surface area contributed by atoms with Gasteiger partial charge >= 0.3 is 5.97 Å². The third-order valence-corrected chi connectivity index (χ3v) is 2.76. The summed E-state index contributed by atoms with van der Waals surface area (Å²) in [5, 5.41) is 0. The van der Waals surface area contributed by atoms with Gasteiger partial charge in [0.2, 0.25) is 0 Å². The summed E-state index contributed by atoms with van der Waals surface area (Å²) in [6, 6.07) is 0. The normalized spacial score (nSPS) is 32.3. The summed E-state index contributed by atoms with van der Waals surface area (Å²) in [7, 11) is 1.57. The molecule has 2 heterocycles. The first-order chi connectivity index (χ1) is 6.69. The zero-order valence-corrected chi connectivity index (χ0v) is 8.46. The van der Waals surface area contributed by atoms with E-state index >= 15 is 0 Å². The first-order valence-electron chi connectivity index (χ1n) is 4.76. The van der Waals surface area contributed by atoms with Gasteiger partial charge in [-0.2, -0.15) is 0 Å². The molecule has 0 aromatic carbocycles. The second-order valence-corrected chi connectivity index (χ2v) is 3.70. The fraction of sp³-hybridized carbons (Fsp3) is 0.700. The minimum Gasteiger partial charge on any atom is -0.496 e. The molecule has 2 aliphatic heterocycles. The zero-order chi connectivity index (χ0) is 10.2. The second kappa shape index (κ2) is 3.28. The molecule has 0 saturated carbocycles. The number of rotatable bonds is 1. The molecule has 0 amide bonds. The van der Waals surface area contributed by atoms with Crippen LogP contribution in [0, 0.1) is 0 Å². The number of carbonyl (C=O) groups excluding carboxylic acids is 1. The first-order valence-corrected chi connectivity index (χ1v) is 4.76. The van der Waals surface area contributed by atoms with E-state index in [9.17, 15) is 4.79 Å². The largest absolute Gasteiger partial charge is 0.496 e. The van der Waals surface area contributed by atoms with Crippen molar-refractivity contribution in [3.05, 3.63) is 11.3 Å². The fourth-order valence-corrected chi connectivity index (χ4v) is 2.10. The highest BCUT2D eigenvalue weighted by Crippen LogP contribution is 2.38. The van der Waals surface area contributed by atoms with Crippen LogP contribution < -0.4 is 0 Å². The summed E-state index contributed by atoms with van der Waals surface area (Å²) in [6.07, 6.45) is 1.69. The highest BCUT2D eigenvalue weighted by molar-refractivity contribution is 5.91. The average Bonchev–Trinajstić information content (AvgIpc) is 2.40. The van der Waals surface area contributed by atoms with Gasteiger partial charge in [-0.1, -0.05) is 0 Å². The van der Waals surface area contributed by atoms with Crippen molar-refractivity contribution >= 4 is 5.97 Å². The van der Waals surface area contributed by atoms with E-state index in [1.165, 1.54) is 0 Å². The molecule has 0 N–H and O–H groups in total. The van der Waals surface area contributed by atoms with E-state index in [4.69, 9.17) is 14.2 Å². The summed E-state index contributed by atoms with van der Waals surface area (Å²) in [6.45, 7) is 2.87. The van der Waals surface area contributed by atoms with Crippen LogP contribution in [0.1, 0.15) is 19.8 Å². The minimum atomic E-state index is -0.631. The quantitative estimate of drug-likeness (QED) is 0.590. The van der Waals surface area contributed by atoms with E-state index in [0.717, 1.165) is 19.4 Å². The maximum absolute atomic E-state index is 11.4. The molecule has 1 unspecified atom stereocenters. The lowest BCUT2D eigenvalue weighted by atomic mass is 9.94. The van der Waals surface area contributed by atoms with Crippen LogP contribution in [0.2, 0.25) is 0 Å². The molecule has 4 nitrogen and oxygen atoms in total. The van der Waals surface area contributed by atoms with Gasteiger partial charge in [0, 0.05) is 6.61 Å². The fourth-order valence-electron chi connectivity index (χ4n) is 2.10. The summed E-state index contributed by atoms with van der Waals surface area (Å²) in [4.78, 5) is 11.4. The Morgan fingerprint density at radius 3 is 2.86 bits per heavy atom. The summed E-state index contributed by atoms with van der Waals surface area (Å²) < 4.78 is 15.9. The third-order valence-electron chi connectivity index (χ3n) is 2.76. The van der Waals surface area contributed by atoms with Gasteiger partial charge in [-0.15, -0.1) is 0 Å². The maximum atomic E-state index is 11.4. The van der Waals surface area contributed by atoms with E-state index in [-0.39, 0.29) is 5.97 Å². The second-order valence-electron chi connectivity index (χ2n) is 3.70. The van der Waals surface area contributed by atoms with Crippen molar-refractivity contribution in [1.29, 1.82) is 0 Å². The van der Waals surface area contributed by atoms with Gasteiger partial charge < -0.3 is 14.2 Å².